The number of H-pyrrole nitrogens is 1. The predicted octanol–water partition coefficient (Wildman–Crippen LogP) is 5.38. The number of fused-ring (bicyclic) bond motifs is 1. The lowest BCUT2D eigenvalue weighted by molar-refractivity contribution is 0.954. The fourth-order valence-electron chi connectivity index (χ4n) is 2.50. The van der Waals surface area contributed by atoms with E-state index in [4.69, 9.17) is 5.73 Å². The fourth-order valence-corrected chi connectivity index (χ4v) is 2.50. The van der Waals surface area contributed by atoms with Crippen LogP contribution in [0.4, 0.5) is 28.7 Å². The van der Waals surface area contributed by atoms with Crippen molar-refractivity contribution in [2.45, 2.75) is 6.92 Å². The Morgan fingerprint density at radius 3 is 2.04 bits per heavy atom. The second kappa shape index (κ2) is 6.60. The predicted molar refractivity (Wildman–Crippen MR) is 99.9 cm³/mol. The highest BCUT2D eigenvalue weighted by Crippen LogP contribution is 2.33. The number of nitrogens with one attached hydrogen (secondary N) is 1. The van der Waals surface area contributed by atoms with Crippen LogP contribution >= 0.6 is 0 Å². The Labute approximate surface area is 149 Å². The van der Waals surface area contributed by atoms with E-state index >= 15 is 0 Å². The summed E-state index contributed by atoms with van der Waals surface area (Å²) < 4.78 is 1.66. The molecular formula is C18H16N8. The molecule has 0 unspecified atom stereocenters. The van der Waals surface area contributed by atoms with Crippen LogP contribution in [-0.4, -0.2) is 14.6 Å². The first-order valence-electron chi connectivity index (χ1n) is 8.02. The Balaban J connectivity index is 1.72. The van der Waals surface area contributed by atoms with Gasteiger partial charge in [0.05, 0.1) is 17.1 Å². The molecule has 2 heterocycles. The fraction of sp³-hybridized carbons (Fsp3) is 0.0556. The Morgan fingerprint density at radius 1 is 0.846 bits per heavy atom. The Kier molecular flexibility index (Phi) is 3.98. The molecule has 8 heteroatoms. The van der Waals surface area contributed by atoms with E-state index in [-0.39, 0.29) is 0 Å². The molecule has 0 bridgehead atoms. The van der Waals surface area contributed by atoms with Crippen LogP contribution in [0.5, 0.6) is 0 Å². The Bertz CT molecular complexity index is 1000. The molecular weight excluding hydrogens is 328 g/mol. The Hall–Kier alpha value is -3.81. The van der Waals surface area contributed by atoms with Crippen molar-refractivity contribution in [3.63, 3.8) is 0 Å². The van der Waals surface area contributed by atoms with Crippen LogP contribution < -0.4 is 5.73 Å². The molecule has 0 saturated carbocycles. The molecule has 26 heavy (non-hydrogen) atoms. The number of hydrogen-bond donors (Lipinski definition) is 2. The maximum Gasteiger partial charge on any atom is 0.197 e. The quantitative estimate of drug-likeness (QED) is 0.484. The van der Waals surface area contributed by atoms with Gasteiger partial charge in [0.2, 0.25) is 0 Å². The molecule has 0 amide bonds. The number of aromatic nitrogens is 3. The second-order valence-corrected chi connectivity index (χ2v) is 5.63. The largest absolute Gasteiger partial charge is 0.382 e. The van der Waals surface area contributed by atoms with Gasteiger partial charge in [-0.1, -0.05) is 36.4 Å². The van der Waals surface area contributed by atoms with Gasteiger partial charge in [0.1, 0.15) is 5.82 Å². The average Bonchev–Trinajstić information content (AvgIpc) is 3.13. The van der Waals surface area contributed by atoms with Crippen molar-refractivity contribution in [1.82, 2.24) is 14.6 Å². The summed E-state index contributed by atoms with van der Waals surface area (Å²) in [6, 6.07) is 18.9. The molecule has 0 radical (unpaired) electrons. The van der Waals surface area contributed by atoms with Crippen molar-refractivity contribution in [2.75, 3.05) is 5.73 Å². The van der Waals surface area contributed by atoms with Crippen LogP contribution in [0, 0.1) is 6.92 Å². The summed E-state index contributed by atoms with van der Waals surface area (Å²) in [5.74, 6) is 0.931. The van der Waals surface area contributed by atoms with E-state index < -0.39 is 0 Å². The van der Waals surface area contributed by atoms with Gasteiger partial charge in [-0.2, -0.15) is 5.11 Å². The molecule has 4 rings (SSSR count). The minimum atomic E-state index is 0.364. The number of nitrogens with zero attached hydrogens (tertiary/aromatic N) is 6. The first kappa shape index (κ1) is 15.7. The van der Waals surface area contributed by atoms with Crippen molar-refractivity contribution < 1.29 is 0 Å². The minimum Gasteiger partial charge on any atom is -0.382 e. The number of aryl methyl sites for hydroxylation is 1. The lowest BCUT2D eigenvalue weighted by Crippen LogP contribution is -1.88. The summed E-state index contributed by atoms with van der Waals surface area (Å²) in [5, 5.41) is 20.0. The van der Waals surface area contributed by atoms with Crippen LogP contribution in [0.25, 0.3) is 5.65 Å². The van der Waals surface area contributed by atoms with Crippen molar-refractivity contribution in [3.8, 4) is 0 Å². The number of imidazole rings is 1. The van der Waals surface area contributed by atoms with E-state index in [9.17, 15) is 0 Å². The van der Waals surface area contributed by atoms with Gasteiger partial charge in [-0.05, 0) is 31.2 Å². The minimum absolute atomic E-state index is 0.364. The summed E-state index contributed by atoms with van der Waals surface area (Å²) in [5.41, 5.74) is 9.28. The third-order valence-corrected chi connectivity index (χ3v) is 3.76. The van der Waals surface area contributed by atoms with E-state index in [2.05, 4.69) is 30.5 Å². The monoisotopic (exact) mass is 344 g/mol. The molecule has 3 N–H and O–H groups in total. The highest BCUT2D eigenvalue weighted by Gasteiger charge is 2.17. The number of aromatic amines is 1. The maximum absolute atomic E-state index is 6.05. The average molecular weight is 344 g/mol. The van der Waals surface area contributed by atoms with Gasteiger partial charge in [-0.25, -0.2) is 9.50 Å². The zero-order chi connectivity index (χ0) is 17.9. The van der Waals surface area contributed by atoms with Gasteiger partial charge in [0.25, 0.3) is 0 Å². The van der Waals surface area contributed by atoms with E-state index in [1.165, 1.54) is 0 Å². The normalized spacial score (nSPS) is 11.9. The molecule has 0 saturated heterocycles. The molecule has 0 aliphatic rings. The van der Waals surface area contributed by atoms with Crippen LogP contribution in [-0.2, 0) is 0 Å². The zero-order valence-corrected chi connectivity index (χ0v) is 14.0. The molecule has 2 aromatic heterocycles. The number of azo groups is 2. The maximum atomic E-state index is 6.05. The van der Waals surface area contributed by atoms with Gasteiger partial charge in [-0.3, -0.25) is 5.10 Å². The van der Waals surface area contributed by atoms with Gasteiger partial charge < -0.3 is 5.73 Å². The van der Waals surface area contributed by atoms with Gasteiger partial charge in [-0.15, -0.1) is 15.3 Å². The number of nitrogen functional groups attached to an aromatic ring is 1. The van der Waals surface area contributed by atoms with Crippen molar-refractivity contribution in [3.05, 3.63) is 66.4 Å². The summed E-state index contributed by atoms with van der Waals surface area (Å²) in [6.07, 6.45) is 0. The van der Waals surface area contributed by atoms with Crippen molar-refractivity contribution in [2.24, 2.45) is 20.5 Å². The molecule has 4 aromatic rings. The topological polar surface area (TPSA) is 109 Å². The van der Waals surface area contributed by atoms with E-state index in [1.807, 2.05) is 67.6 Å². The van der Waals surface area contributed by atoms with Crippen molar-refractivity contribution in [1.29, 1.82) is 0 Å². The Morgan fingerprint density at radius 2 is 1.42 bits per heavy atom. The van der Waals surface area contributed by atoms with Crippen LogP contribution in [0.3, 0.4) is 0 Å². The van der Waals surface area contributed by atoms with Gasteiger partial charge >= 0.3 is 0 Å². The zero-order valence-electron chi connectivity index (χ0n) is 14.0. The SMILES string of the molecule is Cc1nc2c(N=Nc3ccccc3)c(N)[nH]n2c1N=Nc1ccccc1. The third kappa shape index (κ3) is 2.95. The third-order valence-electron chi connectivity index (χ3n) is 3.76. The number of benzene rings is 2. The molecule has 8 nitrogen and oxygen atoms in total. The van der Waals surface area contributed by atoms with Gasteiger partial charge in [0, 0.05) is 0 Å². The molecule has 128 valence electrons. The smallest absolute Gasteiger partial charge is 0.197 e. The highest BCUT2D eigenvalue weighted by molar-refractivity contribution is 5.77. The molecule has 0 spiro atoms. The number of hydrogen-bond acceptors (Lipinski definition) is 6. The lowest BCUT2D eigenvalue weighted by Gasteiger charge is -1.93. The van der Waals surface area contributed by atoms with Crippen molar-refractivity contribution >= 4 is 34.3 Å². The van der Waals surface area contributed by atoms with Crippen LogP contribution in [0.15, 0.2) is 81.1 Å². The first-order valence-corrected chi connectivity index (χ1v) is 8.02. The number of anilines is 1. The van der Waals surface area contributed by atoms with E-state index in [0.717, 1.165) is 11.4 Å². The molecule has 0 aliphatic heterocycles. The summed E-state index contributed by atoms with van der Waals surface area (Å²) >= 11 is 0. The van der Waals surface area contributed by atoms with Gasteiger partial charge in [0.15, 0.2) is 17.2 Å². The summed E-state index contributed by atoms with van der Waals surface area (Å²) in [7, 11) is 0. The van der Waals surface area contributed by atoms with Crippen LogP contribution in [0.2, 0.25) is 0 Å². The second-order valence-electron chi connectivity index (χ2n) is 5.63. The van der Waals surface area contributed by atoms with E-state index in [1.54, 1.807) is 4.52 Å². The number of rotatable bonds is 4. The molecule has 0 fully saturated rings. The lowest BCUT2D eigenvalue weighted by atomic mass is 10.3. The summed E-state index contributed by atoms with van der Waals surface area (Å²) in [6.45, 7) is 1.86. The standard InChI is InChI=1S/C18H16N8/c1-12-17(24-22-14-10-6-3-7-11-14)26-18(20-12)15(16(19)25-26)23-21-13-8-4-2-5-9-13/h2-11,25H,19H2,1H3. The highest BCUT2D eigenvalue weighted by atomic mass is 15.4. The first-order chi connectivity index (χ1) is 12.7. The van der Waals surface area contributed by atoms with Crippen LogP contribution in [0.1, 0.15) is 5.69 Å². The molecule has 2 aromatic carbocycles. The van der Waals surface area contributed by atoms with E-state index in [0.29, 0.717) is 28.7 Å². The molecule has 0 atom stereocenters. The number of nitrogens with two attached hydrogens (primary N) is 1. The summed E-state index contributed by atoms with van der Waals surface area (Å²) in [4.78, 5) is 4.50. The molecule has 0 aliphatic carbocycles.